The van der Waals surface area contributed by atoms with Crippen LogP contribution in [0.1, 0.15) is 74.8 Å². The molecule has 4 heteroatoms. The third kappa shape index (κ3) is 8.89. The molecule has 3 nitrogen and oxygen atoms in total. The van der Waals surface area contributed by atoms with Crippen LogP contribution < -0.4 is 0 Å². The molecule has 1 radical (unpaired) electrons. The third-order valence-corrected chi connectivity index (χ3v) is 9.15. The number of pyridine rings is 2. The molecule has 0 saturated heterocycles. The van der Waals surface area contributed by atoms with Gasteiger partial charge in [0.15, 0.2) is 0 Å². The molecule has 0 N–H and O–H groups in total. The van der Waals surface area contributed by atoms with Crippen LogP contribution in [-0.4, -0.2) is 9.97 Å². The van der Waals surface area contributed by atoms with Gasteiger partial charge in [0.1, 0.15) is 5.58 Å². The molecule has 0 aliphatic carbocycles. The van der Waals surface area contributed by atoms with Crippen LogP contribution >= 0.6 is 0 Å². The predicted molar refractivity (Wildman–Crippen MR) is 227 cm³/mol. The molecule has 0 fully saturated rings. The van der Waals surface area contributed by atoms with Crippen LogP contribution in [0.5, 0.6) is 0 Å². The Morgan fingerprint density at radius 3 is 2.09 bits per heavy atom. The van der Waals surface area contributed by atoms with E-state index in [9.17, 15) is 0 Å². The van der Waals surface area contributed by atoms with Crippen molar-refractivity contribution in [1.82, 2.24) is 9.97 Å². The first-order valence-corrected chi connectivity index (χ1v) is 18.1. The summed E-state index contributed by atoms with van der Waals surface area (Å²) in [5.41, 5.74) is 6.90. The Kier molecular flexibility index (Phi) is 8.92. The topological polar surface area (TPSA) is 38.9 Å². The average molecular weight is 905 g/mol. The first-order chi connectivity index (χ1) is 29.1. The second kappa shape index (κ2) is 16.3. The monoisotopic (exact) mass is 905 g/mol. The minimum Gasteiger partial charge on any atom is -0.500 e. The maximum atomic E-state index is 8.74. The van der Waals surface area contributed by atoms with Crippen LogP contribution in [-0.2, 0) is 31.9 Å². The number of aromatic nitrogens is 2. The summed E-state index contributed by atoms with van der Waals surface area (Å²) in [6.07, 6.45) is 1.36. The number of rotatable bonds is 5. The van der Waals surface area contributed by atoms with Gasteiger partial charge in [0.25, 0.3) is 0 Å². The second-order valence-corrected chi connectivity index (χ2v) is 15.5. The molecule has 0 aliphatic rings. The minimum absolute atomic E-state index is 0. The molecule has 0 bridgehead atoms. The molecule has 0 unspecified atom stereocenters. The minimum atomic E-state index is -2.66. The van der Waals surface area contributed by atoms with Gasteiger partial charge in [-0.1, -0.05) is 137 Å². The van der Waals surface area contributed by atoms with Gasteiger partial charge in [0.2, 0.25) is 0 Å². The van der Waals surface area contributed by atoms with E-state index in [1.54, 1.807) is 32.9 Å². The van der Waals surface area contributed by atoms with E-state index in [2.05, 4.69) is 55.0 Å². The smallest absolute Gasteiger partial charge is 0.128 e. The largest absolute Gasteiger partial charge is 0.500 e. The number of furan rings is 1. The number of aryl methyl sites for hydroxylation is 2. The third-order valence-electron chi connectivity index (χ3n) is 9.15. The molecule has 0 atom stereocenters. The molecule has 0 saturated carbocycles. The summed E-state index contributed by atoms with van der Waals surface area (Å²) in [4.78, 5) is 9.02. The SMILES string of the molecule is CC(C)(C)c1ccc(-c2[c-]cccc2)nc1.[2H]C([2H])([2H])c1cnc(-c2[c-]ccc3c2oc2c(-c4ccccc4)cccc23)cc1-c1ccc(C([2H])([2H])C(C)(C)C)cc1C([2H])([2H])[2H].[Ir]. The van der Waals surface area contributed by atoms with Gasteiger partial charge in [-0.05, 0) is 81.2 Å². The summed E-state index contributed by atoms with van der Waals surface area (Å²) in [7, 11) is 0. The fraction of sp³-hybridized carbons (Fsp3) is 0.216. The van der Waals surface area contributed by atoms with E-state index in [0.29, 0.717) is 22.4 Å². The fourth-order valence-electron chi connectivity index (χ4n) is 6.45. The van der Waals surface area contributed by atoms with E-state index in [1.807, 2.05) is 85.1 Å². The Balaban J connectivity index is 0.000000327. The van der Waals surface area contributed by atoms with Crippen molar-refractivity contribution in [1.29, 1.82) is 0 Å². The first-order valence-electron chi connectivity index (χ1n) is 22.1. The zero-order valence-corrected chi connectivity index (χ0v) is 34.2. The number of para-hydroxylation sites is 1. The van der Waals surface area contributed by atoms with Crippen molar-refractivity contribution in [2.45, 2.75) is 67.0 Å². The van der Waals surface area contributed by atoms with E-state index in [1.165, 1.54) is 30.0 Å². The predicted octanol–water partition coefficient (Wildman–Crippen LogP) is 13.8. The number of hydrogen-bond donors (Lipinski definition) is 0. The quantitative estimate of drug-likeness (QED) is 0.162. The van der Waals surface area contributed by atoms with Crippen LogP contribution in [0.4, 0.5) is 0 Å². The van der Waals surface area contributed by atoms with Crippen LogP contribution in [0.2, 0.25) is 0 Å². The van der Waals surface area contributed by atoms with E-state index in [-0.39, 0.29) is 53.3 Å². The van der Waals surface area contributed by atoms with Gasteiger partial charge in [0, 0.05) is 54.4 Å². The van der Waals surface area contributed by atoms with Crippen molar-refractivity contribution in [2.75, 3.05) is 0 Å². The molecule has 0 aliphatic heterocycles. The van der Waals surface area contributed by atoms with E-state index in [0.717, 1.165) is 33.2 Å². The molecular formula is C51H48IrN2O-2. The molecule has 0 spiro atoms. The van der Waals surface area contributed by atoms with Gasteiger partial charge in [-0.25, -0.2) is 0 Å². The zero-order valence-electron chi connectivity index (χ0n) is 39.8. The van der Waals surface area contributed by atoms with Crippen molar-refractivity contribution in [3.8, 4) is 44.8 Å². The summed E-state index contributed by atoms with van der Waals surface area (Å²) in [5, 5.41) is 1.74. The van der Waals surface area contributed by atoms with Crippen molar-refractivity contribution >= 4 is 21.9 Å². The van der Waals surface area contributed by atoms with Gasteiger partial charge in [-0.2, -0.15) is 0 Å². The average Bonchev–Trinajstić information content (AvgIpc) is 3.62. The fourth-order valence-corrected chi connectivity index (χ4v) is 6.45. The normalized spacial score (nSPS) is 14.4. The molecule has 8 rings (SSSR count). The molecule has 5 aromatic carbocycles. The summed E-state index contributed by atoms with van der Waals surface area (Å²) < 4.78 is 73.9. The van der Waals surface area contributed by atoms with Gasteiger partial charge in [-0.3, -0.25) is 0 Å². The van der Waals surface area contributed by atoms with Gasteiger partial charge < -0.3 is 14.4 Å². The Bertz CT molecular complexity index is 2860. The van der Waals surface area contributed by atoms with Crippen LogP contribution in [0, 0.1) is 31.3 Å². The molecule has 55 heavy (non-hydrogen) atoms. The molecular weight excluding hydrogens is 849 g/mol. The number of hydrogen-bond acceptors (Lipinski definition) is 3. The molecule has 8 aromatic rings. The number of fused-ring (bicyclic) bond motifs is 3. The maximum Gasteiger partial charge on any atom is 0.128 e. The molecule has 279 valence electrons. The standard InChI is InChI=1S/C36H32NO.C15H16N.Ir/c1-23-19-25(21-36(3,4)5)17-18-27(23)32-20-33(37-22-24(32)2)31-16-10-15-30-29-14-9-13-28(34(29)38-35(30)31)26-11-7-6-8-12-26;1-15(2,3)13-9-10-14(16-11-13)12-7-5-4-6-8-12;/h6-15,17-20,22H,21H2,1-5H3;4-7,9-11H,1-3H3;/q2*-1;/i1D3,2D3,21D2;;. The Labute approximate surface area is 351 Å². The Morgan fingerprint density at radius 1 is 0.636 bits per heavy atom. The zero-order chi connectivity index (χ0) is 44.8. The van der Waals surface area contributed by atoms with Crippen LogP contribution in [0.15, 0.2) is 138 Å². The summed E-state index contributed by atoms with van der Waals surface area (Å²) >= 11 is 0. The first kappa shape index (κ1) is 30.1. The van der Waals surface area contributed by atoms with Crippen molar-refractivity contribution in [2.24, 2.45) is 5.41 Å². The van der Waals surface area contributed by atoms with Crippen molar-refractivity contribution in [3.05, 3.63) is 168 Å². The van der Waals surface area contributed by atoms with E-state index < -0.39 is 25.5 Å². The molecule has 3 heterocycles. The second-order valence-electron chi connectivity index (χ2n) is 15.5. The van der Waals surface area contributed by atoms with E-state index >= 15 is 0 Å². The summed E-state index contributed by atoms with van der Waals surface area (Å²) in [6, 6.07) is 44.0. The van der Waals surface area contributed by atoms with Crippen LogP contribution in [0.3, 0.4) is 0 Å². The molecule has 0 amide bonds. The maximum absolute atomic E-state index is 8.74. The summed E-state index contributed by atoms with van der Waals surface area (Å²) in [6.45, 7) is 6.55. The Morgan fingerprint density at radius 2 is 1.40 bits per heavy atom. The van der Waals surface area contributed by atoms with E-state index in [4.69, 9.17) is 15.4 Å². The number of benzene rings is 5. The number of nitrogens with zero attached hydrogens (tertiary/aromatic N) is 2. The molecule has 3 aromatic heterocycles. The summed E-state index contributed by atoms with van der Waals surface area (Å²) in [5.74, 6) is 0. The van der Waals surface area contributed by atoms with Gasteiger partial charge in [0.05, 0.1) is 5.58 Å². The van der Waals surface area contributed by atoms with Crippen molar-refractivity contribution < 1.29 is 35.5 Å². The Hall–Kier alpha value is -5.15. The van der Waals surface area contributed by atoms with Crippen LogP contribution in [0.25, 0.3) is 66.7 Å². The van der Waals surface area contributed by atoms with Gasteiger partial charge >= 0.3 is 0 Å². The van der Waals surface area contributed by atoms with Gasteiger partial charge in [-0.15, -0.1) is 54.1 Å². The van der Waals surface area contributed by atoms with Crippen molar-refractivity contribution in [3.63, 3.8) is 0 Å².